The van der Waals surface area contributed by atoms with Gasteiger partial charge in [-0.15, -0.1) is 5.10 Å². The van der Waals surface area contributed by atoms with E-state index in [0.29, 0.717) is 30.4 Å². The van der Waals surface area contributed by atoms with Gasteiger partial charge in [0.25, 0.3) is 5.91 Å². The fourth-order valence-corrected chi connectivity index (χ4v) is 4.27. The van der Waals surface area contributed by atoms with Gasteiger partial charge in [-0.3, -0.25) is 9.59 Å². The lowest BCUT2D eigenvalue weighted by atomic mass is 10.1. The molecule has 8 heteroatoms. The normalized spacial score (nSPS) is 21.0. The number of tetrazole rings is 1. The van der Waals surface area contributed by atoms with E-state index < -0.39 is 0 Å². The van der Waals surface area contributed by atoms with Crippen LogP contribution in [0.1, 0.15) is 61.1 Å². The fraction of sp³-hybridized carbons (Fsp3) is 0.550. The zero-order valence-electron chi connectivity index (χ0n) is 16.2. The van der Waals surface area contributed by atoms with Crippen LogP contribution in [0.3, 0.4) is 0 Å². The van der Waals surface area contributed by atoms with Crippen LogP contribution in [0.2, 0.25) is 0 Å². The molecule has 28 heavy (non-hydrogen) atoms. The summed E-state index contributed by atoms with van der Waals surface area (Å²) in [5, 5.41) is 14.5. The molecule has 2 heterocycles. The fourth-order valence-electron chi connectivity index (χ4n) is 4.27. The smallest absolute Gasteiger partial charge is 0.251 e. The highest BCUT2D eigenvalue weighted by molar-refractivity contribution is 5.95. The Hall–Kier alpha value is -2.77. The number of carbonyl (C=O) groups is 2. The van der Waals surface area contributed by atoms with Gasteiger partial charge in [0.15, 0.2) is 5.82 Å². The molecule has 0 bridgehead atoms. The van der Waals surface area contributed by atoms with Crippen molar-refractivity contribution in [3.8, 4) is 5.69 Å². The van der Waals surface area contributed by atoms with E-state index in [2.05, 4.69) is 20.8 Å². The maximum Gasteiger partial charge on any atom is 0.251 e. The Morgan fingerprint density at radius 3 is 2.68 bits per heavy atom. The van der Waals surface area contributed by atoms with Gasteiger partial charge in [-0.1, -0.05) is 31.7 Å². The highest BCUT2D eigenvalue weighted by atomic mass is 16.2. The maximum atomic E-state index is 12.8. The van der Waals surface area contributed by atoms with Crippen LogP contribution < -0.4 is 5.32 Å². The molecule has 2 aliphatic rings. The van der Waals surface area contributed by atoms with Gasteiger partial charge >= 0.3 is 0 Å². The number of amides is 2. The minimum atomic E-state index is -0.173. The molecule has 1 saturated carbocycles. The first-order valence-electron chi connectivity index (χ1n) is 10.1. The second kappa shape index (κ2) is 8.08. The zero-order chi connectivity index (χ0) is 19.5. The average molecular weight is 382 g/mol. The van der Waals surface area contributed by atoms with E-state index in [-0.39, 0.29) is 17.9 Å². The third-order valence-electron chi connectivity index (χ3n) is 5.74. The first-order valence-corrected chi connectivity index (χ1v) is 10.1. The molecule has 1 atom stereocenters. The Bertz CT molecular complexity index is 856. The monoisotopic (exact) mass is 382 g/mol. The number of nitrogens with zero attached hydrogens (tertiary/aromatic N) is 5. The van der Waals surface area contributed by atoms with Crippen LogP contribution >= 0.6 is 0 Å². The Morgan fingerprint density at radius 1 is 1.18 bits per heavy atom. The summed E-state index contributed by atoms with van der Waals surface area (Å²) >= 11 is 0. The van der Waals surface area contributed by atoms with Gasteiger partial charge in [-0.05, 0) is 48.4 Å². The topological polar surface area (TPSA) is 93.0 Å². The summed E-state index contributed by atoms with van der Waals surface area (Å²) in [5.74, 6) is 0.640. The minimum absolute atomic E-state index is 0.137. The van der Waals surface area contributed by atoms with Crippen molar-refractivity contribution in [3.63, 3.8) is 0 Å². The van der Waals surface area contributed by atoms with Gasteiger partial charge < -0.3 is 10.2 Å². The molecule has 1 saturated heterocycles. The number of carbonyl (C=O) groups excluding carboxylic acids is 2. The van der Waals surface area contributed by atoms with Gasteiger partial charge in [0.05, 0.1) is 11.7 Å². The van der Waals surface area contributed by atoms with Crippen LogP contribution in [0.5, 0.6) is 0 Å². The van der Waals surface area contributed by atoms with Gasteiger partial charge in [0.2, 0.25) is 5.91 Å². The Morgan fingerprint density at radius 2 is 1.96 bits per heavy atom. The van der Waals surface area contributed by atoms with E-state index in [4.69, 9.17) is 0 Å². The lowest BCUT2D eigenvalue weighted by molar-refractivity contribution is -0.129. The summed E-state index contributed by atoms with van der Waals surface area (Å²) in [6.07, 6.45) is 7.45. The third-order valence-corrected chi connectivity index (χ3v) is 5.74. The molecule has 1 aliphatic heterocycles. The summed E-state index contributed by atoms with van der Waals surface area (Å²) in [6, 6.07) is 7.39. The third kappa shape index (κ3) is 3.90. The van der Waals surface area contributed by atoms with Gasteiger partial charge in [0, 0.05) is 24.6 Å². The van der Waals surface area contributed by atoms with Crippen molar-refractivity contribution in [3.05, 3.63) is 35.7 Å². The van der Waals surface area contributed by atoms with Gasteiger partial charge in [-0.25, -0.2) is 0 Å². The molecule has 2 amide bonds. The van der Waals surface area contributed by atoms with E-state index in [1.54, 1.807) is 23.7 Å². The Labute approximate surface area is 164 Å². The lowest BCUT2D eigenvalue weighted by Gasteiger charge is -2.27. The van der Waals surface area contributed by atoms with Crippen molar-refractivity contribution in [1.29, 1.82) is 0 Å². The SMILES string of the molecule is Cc1nnnn1-c1cccc(C(=O)NC2CC(=O)N(C3CCCCCC3)C2)c1. The van der Waals surface area contributed by atoms with Gasteiger partial charge in [0.1, 0.15) is 0 Å². The predicted octanol–water partition coefficient (Wildman–Crippen LogP) is 2.02. The standard InChI is InChI=1S/C20H26N6O2/c1-14-22-23-24-26(14)18-10-6-7-15(11-18)20(28)21-16-12-19(27)25(13-16)17-8-4-2-3-5-9-17/h6-7,10-11,16-17H,2-5,8-9,12-13H2,1H3,(H,21,28). The number of aryl methyl sites for hydroxylation is 1. The van der Waals surface area contributed by atoms with Gasteiger partial charge in [-0.2, -0.15) is 4.68 Å². The van der Waals surface area contributed by atoms with Crippen LogP contribution in [0.25, 0.3) is 5.69 Å². The zero-order valence-corrected chi connectivity index (χ0v) is 16.2. The first-order chi connectivity index (χ1) is 13.6. The molecule has 4 rings (SSSR count). The molecule has 148 valence electrons. The number of likely N-dealkylation sites (tertiary alicyclic amines) is 1. The van der Waals surface area contributed by atoms with Crippen LogP contribution in [-0.2, 0) is 4.79 Å². The number of benzene rings is 1. The van der Waals surface area contributed by atoms with Crippen molar-refractivity contribution < 1.29 is 9.59 Å². The highest BCUT2D eigenvalue weighted by Crippen LogP contribution is 2.26. The molecule has 2 aromatic rings. The first kappa shape index (κ1) is 18.6. The summed E-state index contributed by atoms with van der Waals surface area (Å²) < 4.78 is 1.59. The van der Waals surface area contributed by atoms with Crippen molar-refractivity contribution in [2.75, 3.05) is 6.54 Å². The number of hydrogen-bond donors (Lipinski definition) is 1. The van der Waals surface area contributed by atoms with E-state index >= 15 is 0 Å². The molecular weight excluding hydrogens is 356 g/mol. The summed E-state index contributed by atoms with van der Waals surface area (Å²) in [5.41, 5.74) is 1.27. The molecule has 1 aromatic heterocycles. The average Bonchev–Trinajstić information content (AvgIpc) is 3.17. The summed E-state index contributed by atoms with van der Waals surface area (Å²) in [7, 11) is 0. The second-order valence-electron chi connectivity index (χ2n) is 7.75. The lowest BCUT2D eigenvalue weighted by Crippen LogP contribution is -2.40. The Balaban J connectivity index is 1.41. The molecule has 1 aliphatic carbocycles. The van der Waals surface area contributed by atoms with Crippen LogP contribution in [0, 0.1) is 6.92 Å². The molecule has 2 fully saturated rings. The maximum absolute atomic E-state index is 12.8. The second-order valence-corrected chi connectivity index (χ2v) is 7.75. The molecule has 0 spiro atoms. The van der Waals surface area contributed by atoms with Crippen LogP contribution in [0.4, 0.5) is 0 Å². The highest BCUT2D eigenvalue weighted by Gasteiger charge is 2.35. The Kier molecular flexibility index (Phi) is 5.36. The van der Waals surface area contributed by atoms with Crippen LogP contribution in [-0.4, -0.2) is 55.5 Å². The molecule has 0 radical (unpaired) electrons. The summed E-state index contributed by atoms with van der Waals surface area (Å²) in [6.45, 7) is 2.42. The number of nitrogens with one attached hydrogen (secondary N) is 1. The van der Waals surface area contributed by atoms with Crippen molar-refractivity contribution in [1.82, 2.24) is 30.4 Å². The van der Waals surface area contributed by atoms with E-state index in [9.17, 15) is 9.59 Å². The quantitative estimate of drug-likeness (QED) is 0.817. The minimum Gasteiger partial charge on any atom is -0.347 e. The predicted molar refractivity (Wildman–Crippen MR) is 103 cm³/mol. The van der Waals surface area contributed by atoms with Crippen molar-refractivity contribution in [2.45, 2.75) is 64.0 Å². The van der Waals surface area contributed by atoms with Crippen LogP contribution in [0.15, 0.2) is 24.3 Å². The van der Waals surface area contributed by atoms with Crippen molar-refractivity contribution >= 4 is 11.8 Å². The number of aromatic nitrogens is 4. The largest absolute Gasteiger partial charge is 0.347 e. The number of hydrogen-bond acceptors (Lipinski definition) is 5. The molecular formula is C20H26N6O2. The molecule has 8 nitrogen and oxygen atoms in total. The van der Waals surface area contributed by atoms with Crippen molar-refractivity contribution in [2.24, 2.45) is 0 Å². The number of rotatable bonds is 4. The van der Waals surface area contributed by atoms with E-state index in [1.807, 2.05) is 17.0 Å². The van der Waals surface area contributed by atoms with E-state index in [0.717, 1.165) is 18.5 Å². The molecule has 1 unspecified atom stereocenters. The molecule has 1 N–H and O–H groups in total. The molecule has 1 aromatic carbocycles. The summed E-state index contributed by atoms with van der Waals surface area (Å²) in [4.78, 5) is 27.3. The van der Waals surface area contributed by atoms with E-state index in [1.165, 1.54) is 25.7 Å².